The lowest BCUT2D eigenvalue weighted by Gasteiger charge is -2.58. The van der Waals surface area contributed by atoms with Gasteiger partial charge in [0.1, 0.15) is 0 Å². The second-order valence-corrected chi connectivity index (χ2v) is 6.97. The van der Waals surface area contributed by atoms with E-state index in [4.69, 9.17) is 0 Å². The van der Waals surface area contributed by atoms with Crippen molar-refractivity contribution in [2.45, 2.75) is 44.4 Å². The lowest BCUT2D eigenvalue weighted by molar-refractivity contribution is -0.0600. The van der Waals surface area contributed by atoms with Crippen LogP contribution in [0.5, 0.6) is 0 Å². The van der Waals surface area contributed by atoms with E-state index in [0.29, 0.717) is 0 Å². The molecule has 1 heterocycles. The Bertz CT molecular complexity index is 481. The van der Waals surface area contributed by atoms with Crippen molar-refractivity contribution in [3.8, 4) is 6.07 Å². The van der Waals surface area contributed by atoms with E-state index in [1.165, 1.54) is 38.5 Å². The summed E-state index contributed by atoms with van der Waals surface area (Å²) < 4.78 is 0. The minimum Gasteiger partial charge on any atom is -0.261 e. The third kappa shape index (κ3) is 1.69. The zero-order chi connectivity index (χ0) is 12.9. The van der Waals surface area contributed by atoms with Crippen LogP contribution in [0.25, 0.3) is 0 Å². The third-order valence-corrected chi connectivity index (χ3v) is 5.71. The summed E-state index contributed by atoms with van der Waals surface area (Å²) in [5.41, 5.74) is 1.10. The van der Waals surface area contributed by atoms with Crippen molar-refractivity contribution >= 4 is 0 Å². The van der Waals surface area contributed by atoms with Crippen molar-refractivity contribution < 1.29 is 0 Å². The van der Waals surface area contributed by atoms with Gasteiger partial charge in [-0.05, 0) is 61.7 Å². The smallest absolute Gasteiger partial charge is 0.0956 e. The average molecular weight is 253 g/mol. The number of nitriles is 1. The summed E-state index contributed by atoms with van der Waals surface area (Å²) in [7, 11) is 0. The summed E-state index contributed by atoms with van der Waals surface area (Å²) in [6.07, 6.45) is 13.2. The van der Waals surface area contributed by atoms with Gasteiger partial charge in [-0.1, -0.05) is 0 Å². The maximum atomic E-state index is 9.72. The van der Waals surface area contributed by atoms with Crippen molar-refractivity contribution in [3.63, 3.8) is 0 Å². The molecule has 1 aromatic rings. The lowest BCUT2D eigenvalue weighted by atomic mass is 9.46. The summed E-state index contributed by atoms with van der Waals surface area (Å²) >= 11 is 0. The molecule has 4 aliphatic rings. The van der Waals surface area contributed by atoms with E-state index in [0.717, 1.165) is 23.4 Å². The quantitative estimate of drug-likeness (QED) is 0.812. The largest absolute Gasteiger partial charge is 0.261 e. The highest BCUT2D eigenvalue weighted by Crippen LogP contribution is 2.64. The van der Waals surface area contributed by atoms with Crippen molar-refractivity contribution in [2.75, 3.05) is 0 Å². The van der Waals surface area contributed by atoms with E-state index in [2.05, 4.69) is 16.0 Å². The van der Waals surface area contributed by atoms with Gasteiger partial charge in [0.05, 0.1) is 17.7 Å². The highest BCUT2D eigenvalue weighted by atomic mass is 14.8. The zero-order valence-corrected chi connectivity index (χ0v) is 11.1. The molecule has 0 radical (unpaired) electrons. The van der Waals surface area contributed by atoms with Crippen molar-refractivity contribution in [1.29, 1.82) is 5.26 Å². The molecule has 0 N–H and O–H groups in total. The molecule has 4 aliphatic carbocycles. The number of hydrogen-bond acceptors (Lipinski definition) is 3. The molecular weight excluding hydrogens is 234 g/mol. The minimum absolute atomic E-state index is 0.0467. The minimum atomic E-state index is -0.0467. The Hall–Kier alpha value is -1.43. The fourth-order valence-corrected chi connectivity index (χ4v) is 5.51. The molecule has 5 rings (SSSR count). The molecule has 3 heteroatoms. The molecule has 3 nitrogen and oxygen atoms in total. The molecule has 0 aromatic carbocycles. The Balaban J connectivity index is 1.72. The molecule has 4 fully saturated rings. The van der Waals surface area contributed by atoms with Gasteiger partial charge in [0, 0.05) is 18.6 Å². The van der Waals surface area contributed by atoms with Crippen molar-refractivity contribution in [3.05, 3.63) is 24.3 Å². The molecule has 4 bridgehead atoms. The van der Waals surface area contributed by atoms with Gasteiger partial charge < -0.3 is 0 Å². The summed E-state index contributed by atoms with van der Waals surface area (Å²) in [6, 6.07) is 2.57. The van der Waals surface area contributed by atoms with E-state index in [1.54, 1.807) is 18.6 Å². The molecule has 98 valence electrons. The van der Waals surface area contributed by atoms with Crippen LogP contribution in [0.2, 0.25) is 0 Å². The van der Waals surface area contributed by atoms with Gasteiger partial charge >= 0.3 is 0 Å². The molecule has 0 aliphatic heterocycles. The number of nitrogens with zero attached hydrogens (tertiary/aromatic N) is 3. The Morgan fingerprint density at radius 1 is 1.11 bits per heavy atom. The van der Waals surface area contributed by atoms with Gasteiger partial charge in [-0.15, -0.1) is 0 Å². The predicted molar refractivity (Wildman–Crippen MR) is 71.0 cm³/mol. The summed E-state index contributed by atoms with van der Waals surface area (Å²) in [5.74, 6) is 2.57. The fourth-order valence-electron chi connectivity index (χ4n) is 5.51. The van der Waals surface area contributed by atoms with Gasteiger partial charge in [-0.25, -0.2) is 0 Å². The molecule has 4 saturated carbocycles. The topological polar surface area (TPSA) is 49.6 Å². The van der Waals surface area contributed by atoms with Crippen LogP contribution in [0.1, 0.15) is 50.1 Å². The molecule has 1 unspecified atom stereocenters. The molecule has 19 heavy (non-hydrogen) atoms. The lowest BCUT2D eigenvalue weighted by Crippen LogP contribution is -2.48. The highest BCUT2D eigenvalue weighted by molar-refractivity contribution is 5.22. The van der Waals surface area contributed by atoms with Crippen LogP contribution in [0.15, 0.2) is 18.6 Å². The van der Waals surface area contributed by atoms with Crippen LogP contribution in [-0.4, -0.2) is 9.97 Å². The number of aromatic nitrogens is 2. The van der Waals surface area contributed by atoms with Crippen LogP contribution in [0.4, 0.5) is 0 Å². The van der Waals surface area contributed by atoms with E-state index in [9.17, 15) is 5.26 Å². The second-order valence-electron chi connectivity index (χ2n) is 6.97. The van der Waals surface area contributed by atoms with Crippen LogP contribution < -0.4 is 0 Å². The Kier molecular flexibility index (Phi) is 2.42. The molecule has 0 spiro atoms. The molecule has 0 saturated heterocycles. The van der Waals surface area contributed by atoms with E-state index in [-0.39, 0.29) is 11.3 Å². The van der Waals surface area contributed by atoms with E-state index < -0.39 is 0 Å². The SMILES string of the molecule is N#CC(c1cnccn1)C12CC3CC(CC(C3)C1)C2. The van der Waals surface area contributed by atoms with E-state index >= 15 is 0 Å². The molecule has 0 amide bonds. The van der Waals surface area contributed by atoms with Crippen LogP contribution >= 0.6 is 0 Å². The first-order valence-corrected chi connectivity index (χ1v) is 7.44. The predicted octanol–water partition coefficient (Wildman–Crippen LogP) is 3.30. The number of rotatable bonds is 2. The summed E-state index contributed by atoms with van der Waals surface area (Å²) in [6.45, 7) is 0. The second kappa shape index (κ2) is 4.03. The monoisotopic (exact) mass is 253 g/mol. The Morgan fingerprint density at radius 2 is 1.74 bits per heavy atom. The van der Waals surface area contributed by atoms with Crippen LogP contribution in [-0.2, 0) is 0 Å². The van der Waals surface area contributed by atoms with Crippen molar-refractivity contribution in [1.82, 2.24) is 9.97 Å². The number of hydrogen-bond donors (Lipinski definition) is 0. The van der Waals surface area contributed by atoms with Gasteiger partial charge in [0.25, 0.3) is 0 Å². The Morgan fingerprint density at radius 3 is 2.21 bits per heavy atom. The standard InChI is InChI=1S/C16H19N3/c17-9-14(15-10-18-1-2-19-15)16-6-11-3-12(7-16)5-13(4-11)8-16/h1-2,10-14H,3-8H2. The van der Waals surface area contributed by atoms with Crippen LogP contribution in [0, 0.1) is 34.5 Å². The molecular formula is C16H19N3. The third-order valence-electron chi connectivity index (χ3n) is 5.71. The van der Waals surface area contributed by atoms with Gasteiger partial charge in [-0.3, -0.25) is 9.97 Å². The maximum Gasteiger partial charge on any atom is 0.0956 e. The van der Waals surface area contributed by atoms with Gasteiger partial charge in [-0.2, -0.15) is 5.26 Å². The van der Waals surface area contributed by atoms with Crippen molar-refractivity contribution in [2.24, 2.45) is 23.2 Å². The van der Waals surface area contributed by atoms with E-state index in [1.807, 2.05) is 0 Å². The first kappa shape index (κ1) is 11.4. The van der Waals surface area contributed by atoms with Gasteiger partial charge in [0.15, 0.2) is 0 Å². The normalized spacial score (nSPS) is 40.9. The summed E-state index contributed by atoms with van der Waals surface area (Å²) in [4.78, 5) is 8.59. The summed E-state index contributed by atoms with van der Waals surface area (Å²) in [5, 5.41) is 9.72. The van der Waals surface area contributed by atoms with Crippen LogP contribution in [0.3, 0.4) is 0 Å². The molecule has 1 aromatic heterocycles. The fraction of sp³-hybridized carbons (Fsp3) is 0.688. The Labute approximate surface area is 114 Å². The zero-order valence-electron chi connectivity index (χ0n) is 11.1. The average Bonchev–Trinajstić information content (AvgIpc) is 2.38. The first-order chi connectivity index (χ1) is 9.29. The highest BCUT2D eigenvalue weighted by Gasteiger charge is 2.55. The molecule has 1 atom stereocenters. The maximum absolute atomic E-state index is 9.72. The van der Waals surface area contributed by atoms with Gasteiger partial charge in [0.2, 0.25) is 0 Å². The first-order valence-electron chi connectivity index (χ1n) is 7.44.